The maximum Gasteiger partial charge on any atom is 0.137 e. The molecule has 0 fully saturated rings. The van der Waals surface area contributed by atoms with E-state index in [1.807, 2.05) is 12.4 Å². The number of pyridine rings is 2. The molecular formula is C62H38N6. The first-order valence-corrected chi connectivity index (χ1v) is 23.1. The summed E-state index contributed by atoms with van der Waals surface area (Å²) >= 11 is 0. The number of benzene rings is 9. The minimum atomic E-state index is 0.847. The lowest BCUT2D eigenvalue weighted by molar-refractivity contribution is 1.05. The molecule has 6 nitrogen and oxygen atoms in total. The molecular weight excluding hydrogens is 829 g/mol. The van der Waals surface area contributed by atoms with Crippen molar-refractivity contribution in [3.63, 3.8) is 0 Å². The average molecular weight is 867 g/mol. The van der Waals surface area contributed by atoms with Crippen LogP contribution in [0.4, 0.5) is 17.2 Å². The first-order chi connectivity index (χ1) is 33.7. The Morgan fingerprint density at radius 1 is 0.294 bits per heavy atom. The van der Waals surface area contributed by atoms with E-state index >= 15 is 0 Å². The summed E-state index contributed by atoms with van der Waals surface area (Å²) in [6.45, 7) is 0. The van der Waals surface area contributed by atoms with E-state index in [1.165, 1.54) is 54.4 Å². The molecule has 0 radical (unpaired) electrons. The van der Waals surface area contributed by atoms with Gasteiger partial charge in [0.05, 0.1) is 68.2 Å². The molecule has 5 aromatic heterocycles. The summed E-state index contributed by atoms with van der Waals surface area (Å²) in [7, 11) is 0. The largest absolute Gasteiger partial charge is 0.308 e. The Labute approximate surface area is 390 Å². The van der Waals surface area contributed by atoms with Gasteiger partial charge in [-0.1, -0.05) is 140 Å². The third kappa shape index (κ3) is 5.22. The van der Waals surface area contributed by atoms with Crippen molar-refractivity contribution in [3.8, 4) is 39.4 Å². The fraction of sp³-hybridized carbons (Fsp3) is 0. The molecule has 0 bridgehead atoms. The molecule has 0 saturated carbocycles. The number of nitrogens with zero attached hydrogens (tertiary/aromatic N) is 6. The van der Waals surface area contributed by atoms with Gasteiger partial charge >= 0.3 is 0 Å². The molecule has 6 heteroatoms. The van der Waals surface area contributed by atoms with Crippen LogP contribution in [0.1, 0.15) is 0 Å². The Morgan fingerprint density at radius 2 is 0.824 bits per heavy atom. The van der Waals surface area contributed by atoms with Gasteiger partial charge in [0, 0.05) is 43.3 Å². The van der Waals surface area contributed by atoms with Crippen molar-refractivity contribution >= 4 is 93.4 Å². The van der Waals surface area contributed by atoms with Gasteiger partial charge in [-0.25, -0.2) is 9.97 Å². The topological polar surface area (TPSA) is 43.8 Å². The number of aromatic nitrogens is 5. The number of hydrogen-bond donors (Lipinski definition) is 0. The molecule has 0 saturated heterocycles. The lowest BCUT2D eigenvalue weighted by atomic mass is 9.90. The normalized spacial score (nSPS) is 12.4. The van der Waals surface area contributed by atoms with Crippen LogP contribution in [0.25, 0.3) is 116 Å². The van der Waals surface area contributed by atoms with E-state index in [4.69, 9.17) is 9.97 Å². The summed E-state index contributed by atoms with van der Waals surface area (Å²) in [5.74, 6) is 1.69. The van der Waals surface area contributed by atoms with Crippen molar-refractivity contribution in [1.29, 1.82) is 0 Å². The third-order valence-corrected chi connectivity index (χ3v) is 14.2. The summed E-state index contributed by atoms with van der Waals surface area (Å²) < 4.78 is 6.99. The van der Waals surface area contributed by atoms with Crippen molar-refractivity contribution in [2.75, 3.05) is 4.90 Å². The zero-order valence-electron chi connectivity index (χ0n) is 36.6. The van der Waals surface area contributed by atoms with Crippen LogP contribution >= 0.6 is 0 Å². The highest BCUT2D eigenvalue weighted by Crippen LogP contribution is 2.53. The molecule has 0 unspecified atom stereocenters. The summed E-state index contributed by atoms with van der Waals surface area (Å²) in [4.78, 5) is 13.0. The van der Waals surface area contributed by atoms with Crippen molar-refractivity contribution in [1.82, 2.24) is 23.7 Å². The first-order valence-electron chi connectivity index (χ1n) is 23.1. The molecule has 0 aliphatic carbocycles. The predicted octanol–water partition coefficient (Wildman–Crippen LogP) is 16.0. The smallest absolute Gasteiger partial charge is 0.137 e. The van der Waals surface area contributed by atoms with Crippen LogP contribution in [-0.4, -0.2) is 23.7 Å². The zero-order valence-corrected chi connectivity index (χ0v) is 36.6. The fourth-order valence-electron chi connectivity index (χ4n) is 11.3. The molecule has 15 rings (SSSR count). The monoisotopic (exact) mass is 866 g/mol. The number of fused-ring (bicyclic) bond motifs is 11. The van der Waals surface area contributed by atoms with Gasteiger partial charge in [0.15, 0.2) is 0 Å². The summed E-state index contributed by atoms with van der Waals surface area (Å²) in [5, 5.41) is 9.65. The highest BCUT2D eigenvalue weighted by atomic mass is 15.2. The summed E-state index contributed by atoms with van der Waals surface area (Å²) in [5.41, 5.74) is 15.7. The molecule has 9 aromatic carbocycles. The van der Waals surface area contributed by atoms with Crippen LogP contribution in [0.5, 0.6) is 0 Å². The lowest BCUT2D eigenvalue weighted by Crippen LogP contribution is -2.16. The molecule has 1 aliphatic rings. The van der Waals surface area contributed by atoms with Gasteiger partial charge in [-0.2, -0.15) is 0 Å². The molecule has 1 aliphatic heterocycles. The van der Waals surface area contributed by atoms with Crippen molar-refractivity contribution in [3.05, 3.63) is 231 Å². The Kier molecular flexibility index (Phi) is 7.69. The van der Waals surface area contributed by atoms with Crippen LogP contribution < -0.4 is 4.90 Å². The summed E-state index contributed by atoms with van der Waals surface area (Å²) in [6.07, 6.45) is 4.05. The minimum Gasteiger partial charge on any atom is -0.308 e. The quantitative estimate of drug-likeness (QED) is 0.173. The van der Waals surface area contributed by atoms with Gasteiger partial charge in [-0.3, -0.25) is 9.47 Å². The van der Waals surface area contributed by atoms with Gasteiger partial charge in [0.25, 0.3) is 0 Å². The molecule has 14 aromatic rings. The van der Waals surface area contributed by atoms with Crippen LogP contribution in [0.2, 0.25) is 0 Å². The van der Waals surface area contributed by atoms with E-state index in [1.54, 1.807) is 0 Å². The van der Waals surface area contributed by atoms with Crippen LogP contribution in [0.15, 0.2) is 231 Å². The van der Waals surface area contributed by atoms with Crippen molar-refractivity contribution < 1.29 is 0 Å². The molecule has 68 heavy (non-hydrogen) atoms. The molecule has 6 heterocycles. The minimum absolute atomic E-state index is 0.847. The van der Waals surface area contributed by atoms with Crippen molar-refractivity contribution in [2.24, 2.45) is 0 Å². The van der Waals surface area contributed by atoms with Crippen LogP contribution in [-0.2, 0) is 0 Å². The second-order valence-electron chi connectivity index (χ2n) is 17.8. The maximum atomic E-state index is 5.34. The van der Waals surface area contributed by atoms with E-state index in [-0.39, 0.29) is 0 Å². The van der Waals surface area contributed by atoms with Gasteiger partial charge in [0.1, 0.15) is 11.6 Å². The standard InChI is InChI=1S/C62H38N6/c1-2-14-39(15-3-1)41-28-31-56-49(34-41)51-35-50-48-22-12-16-40-17-13-27-57(62(40)48)68(61-33-30-43(38-64-61)66-54-25-10-6-20-46(54)47-21-7-11-26-55(47)66)58(50)36-59(51)67(56)60-32-29-42(37-63-60)65-52-23-8-4-18-44(52)45-19-5-9-24-53(45)65/h1-38H. The zero-order chi connectivity index (χ0) is 44.5. The number of para-hydroxylation sites is 4. The highest BCUT2D eigenvalue weighted by molar-refractivity contribution is 6.19. The van der Waals surface area contributed by atoms with Gasteiger partial charge < -0.3 is 9.13 Å². The molecule has 0 spiro atoms. The van der Waals surface area contributed by atoms with E-state index in [9.17, 15) is 0 Å². The number of anilines is 3. The fourth-order valence-corrected chi connectivity index (χ4v) is 11.3. The average Bonchev–Trinajstić information content (AvgIpc) is 4.04. The van der Waals surface area contributed by atoms with E-state index in [2.05, 4.69) is 237 Å². The highest BCUT2D eigenvalue weighted by Gasteiger charge is 2.29. The number of hydrogen-bond acceptors (Lipinski definition) is 3. The molecule has 0 N–H and O–H groups in total. The Hall–Kier alpha value is -9.26. The lowest BCUT2D eigenvalue weighted by Gasteiger charge is -2.33. The Morgan fingerprint density at radius 3 is 1.41 bits per heavy atom. The molecule has 316 valence electrons. The van der Waals surface area contributed by atoms with E-state index in [0.29, 0.717) is 0 Å². The SMILES string of the molecule is c1ccc(-c2ccc3c(c2)c2cc4c(cc2n3-c2ccc(-n3c5ccccc5c5ccccc53)cn2)N(c2ccc(-n3c5ccccc5c5ccccc53)cn2)c2cccc3cccc-4c23)cc1. The van der Waals surface area contributed by atoms with Crippen LogP contribution in [0.3, 0.4) is 0 Å². The van der Waals surface area contributed by atoms with Crippen molar-refractivity contribution in [2.45, 2.75) is 0 Å². The van der Waals surface area contributed by atoms with E-state index in [0.717, 1.165) is 78.4 Å². The van der Waals surface area contributed by atoms with Gasteiger partial charge in [-0.05, 0) is 101 Å². The first kappa shape index (κ1) is 37.0. The summed E-state index contributed by atoms with van der Waals surface area (Å²) in [6, 6.07) is 78.9. The van der Waals surface area contributed by atoms with Gasteiger partial charge in [0.2, 0.25) is 0 Å². The second kappa shape index (κ2) is 14.1. The van der Waals surface area contributed by atoms with Gasteiger partial charge in [-0.15, -0.1) is 0 Å². The second-order valence-corrected chi connectivity index (χ2v) is 17.8. The maximum absolute atomic E-state index is 5.34. The molecule has 0 amide bonds. The molecule has 0 atom stereocenters. The van der Waals surface area contributed by atoms with E-state index < -0.39 is 0 Å². The third-order valence-electron chi connectivity index (χ3n) is 14.2. The Balaban J connectivity index is 0.959. The number of rotatable bonds is 5. The predicted molar refractivity (Wildman–Crippen MR) is 282 cm³/mol. The Bertz CT molecular complexity index is 4250. The van der Waals surface area contributed by atoms with Crippen LogP contribution in [0, 0.1) is 0 Å².